The maximum Gasteiger partial charge on any atom is 0.176 e. The number of hydrogen-bond acceptors (Lipinski definition) is 5. The Bertz CT molecular complexity index is 1240. The third-order valence-electron chi connectivity index (χ3n) is 6.72. The third kappa shape index (κ3) is 2.87. The normalized spacial score (nSPS) is 24.5. The molecule has 2 aliphatic rings. The summed E-state index contributed by atoms with van der Waals surface area (Å²) in [6.07, 6.45) is 5.33. The standard InChI is InChI=1S/C26H21N3O2/c1-16-22-12-9-18-15-28-25(17-7-10-21(30)11-8-17)29-24(18)26(22,13-19(14-27)23(16)31)20-5-3-2-4-6-20/h2-8,10-11,13,15-16,22,30H,9,12H2,1H3/t16-,22-,26+/m0/s1. The molecule has 1 aromatic heterocycles. The number of fused-ring (bicyclic) bond motifs is 3. The molecule has 0 saturated heterocycles. The van der Waals surface area contributed by atoms with Gasteiger partial charge in [0, 0.05) is 17.7 Å². The minimum absolute atomic E-state index is 0.00886. The molecule has 1 N–H and O–H groups in total. The van der Waals surface area contributed by atoms with Crippen LogP contribution in [0.4, 0.5) is 0 Å². The van der Waals surface area contributed by atoms with Crippen LogP contribution in [0.1, 0.15) is 30.2 Å². The van der Waals surface area contributed by atoms with Crippen LogP contribution in [-0.2, 0) is 16.6 Å². The van der Waals surface area contributed by atoms with Gasteiger partial charge in [0.25, 0.3) is 0 Å². The molecule has 3 atom stereocenters. The number of nitrogens with zero attached hydrogens (tertiary/aromatic N) is 3. The molecule has 0 unspecified atom stereocenters. The molecule has 152 valence electrons. The van der Waals surface area contributed by atoms with E-state index in [1.165, 1.54) is 0 Å². The summed E-state index contributed by atoms with van der Waals surface area (Å²) in [5.74, 6) is 0.389. The van der Waals surface area contributed by atoms with Crippen LogP contribution in [-0.4, -0.2) is 20.9 Å². The largest absolute Gasteiger partial charge is 0.508 e. The van der Waals surface area contributed by atoms with Crippen molar-refractivity contribution in [1.82, 2.24) is 9.97 Å². The van der Waals surface area contributed by atoms with E-state index in [2.05, 4.69) is 23.2 Å². The fourth-order valence-corrected chi connectivity index (χ4v) is 5.19. The molecule has 0 fully saturated rings. The van der Waals surface area contributed by atoms with Gasteiger partial charge in [0.15, 0.2) is 11.6 Å². The number of aromatic nitrogens is 2. The number of allylic oxidation sites excluding steroid dienone is 2. The fourth-order valence-electron chi connectivity index (χ4n) is 5.19. The smallest absolute Gasteiger partial charge is 0.176 e. The average Bonchev–Trinajstić information content (AvgIpc) is 2.82. The minimum Gasteiger partial charge on any atom is -0.508 e. The summed E-state index contributed by atoms with van der Waals surface area (Å²) in [6.45, 7) is 1.93. The molecule has 0 aliphatic heterocycles. The Morgan fingerprint density at radius 3 is 2.58 bits per heavy atom. The molecule has 31 heavy (non-hydrogen) atoms. The van der Waals surface area contributed by atoms with Crippen molar-refractivity contribution in [1.29, 1.82) is 5.26 Å². The van der Waals surface area contributed by atoms with Crippen molar-refractivity contribution in [2.75, 3.05) is 0 Å². The predicted molar refractivity (Wildman–Crippen MR) is 116 cm³/mol. The van der Waals surface area contributed by atoms with Gasteiger partial charge >= 0.3 is 0 Å². The molecule has 0 saturated carbocycles. The van der Waals surface area contributed by atoms with E-state index in [-0.39, 0.29) is 28.9 Å². The van der Waals surface area contributed by atoms with Gasteiger partial charge in [-0.1, -0.05) is 37.3 Å². The van der Waals surface area contributed by atoms with E-state index in [4.69, 9.17) is 4.98 Å². The second-order valence-electron chi connectivity index (χ2n) is 8.32. The number of aryl methyl sites for hydroxylation is 1. The maximum absolute atomic E-state index is 12.9. The number of phenolic OH excluding ortho intramolecular Hbond substituents is 1. The highest BCUT2D eigenvalue weighted by Crippen LogP contribution is 2.53. The van der Waals surface area contributed by atoms with Crippen molar-refractivity contribution in [2.45, 2.75) is 25.2 Å². The third-order valence-corrected chi connectivity index (χ3v) is 6.72. The molecule has 0 spiro atoms. The van der Waals surface area contributed by atoms with E-state index in [1.807, 2.05) is 37.4 Å². The van der Waals surface area contributed by atoms with Gasteiger partial charge in [-0.25, -0.2) is 9.97 Å². The summed E-state index contributed by atoms with van der Waals surface area (Å²) in [4.78, 5) is 22.5. The highest BCUT2D eigenvalue weighted by Gasteiger charge is 2.52. The quantitative estimate of drug-likeness (QED) is 0.682. The summed E-state index contributed by atoms with van der Waals surface area (Å²) in [5, 5.41) is 19.4. The van der Waals surface area contributed by atoms with Crippen LogP contribution in [0.25, 0.3) is 11.4 Å². The zero-order valence-corrected chi connectivity index (χ0v) is 17.1. The lowest BCUT2D eigenvalue weighted by atomic mass is 9.54. The number of rotatable bonds is 2. The van der Waals surface area contributed by atoms with Crippen LogP contribution < -0.4 is 0 Å². The zero-order chi connectivity index (χ0) is 21.6. The number of carbonyl (C=O) groups is 1. The first-order valence-electron chi connectivity index (χ1n) is 10.4. The molecular weight excluding hydrogens is 386 g/mol. The monoisotopic (exact) mass is 407 g/mol. The first-order valence-corrected chi connectivity index (χ1v) is 10.4. The first-order chi connectivity index (χ1) is 15.0. The zero-order valence-electron chi connectivity index (χ0n) is 17.1. The van der Waals surface area contributed by atoms with E-state index < -0.39 is 5.41 Å². The van der Waals surface area contributed by atoms with Crippen LogP contribution in [0.3, 0.4) is 0 Å². The molecule has 5 nitrogen and oxygen atoms in total. The summed E-state index contributed by atoms with van der Waals surface area (Å²) in [7, 11) is 0. The maximum atomic E-state index is 12.9. The number of ketones is 1. The molecule has 1 heterocycles. The molecule has 0 radical (unpaired) electrons. The Kier molecular flexibility index (Phi) is 4.44. The van der Waals surface area contributed by atoms with Crippen molar-refractivity contribution >= 4 is 5.78 Å². The number of nitriles is 1. The fraction of sp³-hybridized carbons (Fsp3) is 0.231. The van der Waals surface area contributed by atoms with Gasteiger partial charge in [0.2, 0.25) is 0 Å². The molecule has 2 aromatic carbocycles. The van der Waals surface area contributed by atoms with Gasteiger partial charge in [-0.2, -0.15) is 5.26 Å². The Hall–Kier alpha value is -3.78. The van der Waals surface area contributed by atoms with E-state index in [1.54, 1.807) is 24.3 Å². The van der Waals surface area contributed by atoms with Crippen LogP contribution in [0.5, 0.6) is 5.75 Å². The Morgan fingerprint density at radius 2 is 1.87 bits per heavy atom. The van der Waals surface area contributed by atoms with Crippen molar-refractivity contribution in [3.63, 3.8) is 0 Å². The molecule has 0 bridgehead atoms. The van der Waals surface area contributed by atoms with Crippen LogP contribution in [0, 0.1) is 23.2 Å². The van der Waals surface area contributed by atoms with Crippen molar-refractivity contribution in [3.8, 4) is 23.2 Å². The van der Waals surface area contributed by atoms with E-state index >= 15 is 0 Å². The van der Waals surface area contributed by atoms with E-state index in [0.717, 1.165) is 35.2 Å². The second-order valence-corrected chi connectivity index (χ2v) is 8.32. The molecule has 5 heteroatoms. The summed E-state index contributed by atoms with van der Waals surface area (Å²) >= 11 is 0. The Balaban J connectivity index is 1.81. The minimum atomic E-state index is -0.665. The molecule has 2 aliphatic carbocycles. The summed E-state index contributed by atoms with van der Waals surface area (Å²) in [5.41, 5.74) is 3.27. The predicted octanol–water partition coefficient (Wildman–Crippen LogP) is 4.37. The van der Waals surface area contributed by atoms with Gasteiger partial charge in [-0.3, -0.25) is 4.79 Å². The van der Waals surface area contributed by atoms with Crippen molar-refractivity contribution < 1.29 is 9.90 Å². The van der Waals surface area contributed by atoms with Crippen LogP contribution in [0.2, 0.25) is 0 Å². The summed E-state index contributed by atoms with van der Waals surface area (Å²) < 4.78 is 0. The number of carbonyl (C=O) groups excluding carboxylic acids is 1. The van der Waals surface area contributed by atoms with Gasteiger partial charge < -0.3 is 5.11 Å². The lowest BCUT2D eigenvalue weighted by Crippen LogP contribution is -2.48. The SMILES string of the molecule is C[C@@H]1C(=O)C(C#N)=C[C@]2(c3ccccc3)c3nc(-c4ccc(O)cc4)ncc3CC[C@@H]12. The van der Waals surface area contributed by atoms with Gasteiger partial charge in [0.1, 0.15) is 11.8 Å². The topological polar surface area (TPSA) is 86.9 Å². The molecule has 5 rings (SSSR count). The average molecular weight is 407 g/mol. The lowest BCUT2D eigenvalue weighted by Gasteiger charge is -2.47. The van der Waals surface area contributed by atoms with Crippen molar-refractivity contribution in [3.05, 3.63) is 89.3 Å². The Morgan fingerprint density at radius 1 is 1.13 bits per heavy atom. The number of phenols is 1. The van der Waals surface area contributed by atoms with E-state index in [0.29, 0.717) is 5.82 Å². The molecular formula is C26H21N3O2. The molecule has 3 aromatic rings. The summed E-state index contributed by atoms with van der Waals surface area (Å²) in [6, 6.07) is 19.0. The highest BCUT2D eigenvalue weighted by atomic mass is 16.3. The number of aromatic hydroxyl groups is 1. The second kappa shape index (κ2) is 7.17. The van der Waals surface area contributed by atoms with Crippen LogP contribution >= 0.6 is 0 Å². The number of hydrogen-bond donors (Lipinski definition) is 1. The molecule has 0 amide bonds. The number of benzene rings is 2. The lowest BCUT2D eigenvalue weighted by molar-refractivity contribution is -0.121. The first kappa shape index (κ1) is 19.2. The highest BCUT2D eigenvalue weighted by molar-refractivity contribution is 6.02. The Labute approximate surface area is 180 Å². The van der Waals surface area contributed by atoms with Gasteiger partial charge in [-0.05, 0) is 60.2 Å². The van der Waals surface area contributed by atoms with Crippen LogP contribution in [0.15, 0.2) is 72.4 Å². The van der Waals surface area contributed by atoms with Gasteiger partial charge in [0.05, 0.1) is 16.7 Å². The van der Waals surface area contributed by atoms with E-state index in [9.17, 15) is 15.2 Å². The van der Waals surface area contributed by atoms with Crippen molar-refractivity contribution in [2.24, 2.45) is 11.8 Å². The van der Waals surface area contributed by atoms with Gasteiger partial charge in [-0.15, -0.1) is 0 Å². The number of Topliss-reactive ketones (excluding diaryl/α,β-unsaturated/α-hetero) is 1.